The first-order chi connectivity index (χ1) is 12.1. The number of hydrogen-bond acceptors (Lipinski definition) is 6. The Hall–Kier alpha value is -2.12. The number of hydrogen-bond donors (Lipinski definition) is 1. The molecule has 3 rings (SSSR count). The van der Waals surface area contributed by atoms with Crippen LogP contribution >= 0.6 is 23.1 Å². The van der Waals surface area contributed by atoms with Crippen LogP contribution in [0.15, 0.2) is 46.8 Å². The van der Waals surface area contributed by atoms with Crippen LogP contribution in [0.3, 0.4) is 0 Å². The van der Waals surface area contributed by atoms with E-state index in [2.05, 4.69) is 29.4 Å². The number of aromatic nitrogens is 2. The van der Waals surface area contributed by atoms with Gasteiger partial charge in [0, 0.05) is 11.1 Å². The van der Waals surface area contributed by atoms with Gasteiger partial charge >= 0.3 is 0 Å². The Labute approximate surface area is 154 Å². The second kappa shape index (κ2) is 8.31. The Morgan fingerprint density at radius 3 is 2.84 bits per heavy atom. The van der Waals surface area contributed by atoms with E-state index < -0.39 is 0 Å². The molecule has 5 nitrogen and oxygen atoms in total. The molecule has 1 N–H and O–H groups in total. The van der Waals surface area contributed by atoms with Gasteiger partial charge in [0.1, 0.15) is 5.75 Å². The molecule has 0 aliphatic rings. The lowest BCUT2D eigenvalue weighted by atomic mass is 10.1. The lowest BCUT2D eigenvalue weighted by Gasteiger charge is -2.08. The minimum absolute atomic E-state index is 0.0674. The monoisotopic (exact) mass is 373 g/mol. The molecule has 1 amide bonds. The molecule has 25 heavy (non-hydrogen) atoms. The lowest BCUT2D eigenvalue weighted by Crippen LogP contribution is -2.20. The smallest absolute Gasteiger partial charge is 0.264 e. The zero-order chi connectivity index (χ0) is 17.6. The van der Waals surface area contributed by atoms with Crippen molar-refractivity contribution in [3.05, 3.63) is 42.5 Å². The standard InChI is InChI=1S/C18H19N3O2S2/c1-12(2)11-24-18-21-20-17(25-18)19-16(22)10-23-15-9-5-7-13-6-3-4-8-14(13)15/h3-9,12H,10-11H2,1-2H3,(H,19,20,22). The highest BCUT2D eigenvalue weighted by Gasteiger charge is 2.10. The number of amides is 1. The van der Waals surface area contributed by atoms with Crippen LogP contribution in [0.1, 0.15) is 13.8 Å². The summed E-state index contributed by atoms with van der Waals surface area (Å²) in [5.74, 6) is 2.01. The van der Waals surface area contributed by atoms with Gasteiger partial charge in [0.2, 0.25) is 5.13 Å². The van der Waals surface area contributed by atoms with Gasteiger partial charge in [-0.2, -0.15) is 0 Å². The molecule has 1 heterocycles. The number of nitrogens with zero attached hydrogens (tertiary/aromatic N) is 2. The van der Waals surface area contributed by atoms with Crippen molar-refractivity contribution >= 4 is 44.9 Å². The summed E-state index contributed by atoms with van der Waals surface area (Å²) in [6.45, 7) is 4.24. The number of nitrogens with one attached hydrogen (secondary N) is 1. The van der Waals surface area contributed by atoms with E-state index in [0.29, 0.717) is 16.8 Å². The van der Waals surface area contributed by atoms with Gasteiger partial charge in [0.05, 0.1) is 0 Å². The van der Waals surface area contributed by atoms with Crippen LogP contribution in [0.4, 0.5) is 5.13 Å². The number of carbonyl (C=O) groups excluding carboxylic acids is 1. The van der Waals surface area contributed by atoms with Gasteiger partial charge in [-0.3, -0.25) is 10.1 Å². The Kier molecular flexibility index (Phi) is 5.88. The third-order valence-electron chi connectivity index (χ3n) is 3.30. The summed E-state index contributed by atoms with van der Waals surface area (Å²) in [6.07, 6.45) is 0. The number of fused-ring (bicyclic) bond motifs is 1. The molecule has 0 bridgehead atoms. The first-order valence-electron chi connectivity index (χ1n) is 7.98. The van der Waals surface area contributed by atoms with E-state index in [1.807, 2.05) is 42.5 Å². The predicted octanol–water partition coefficient (Wildman–Crippen LogP) is 4.46. The molecule has 1 aromatic heterocycles. The molecular weight excluding hydrogens is 354 g/mol. The van der Waals surface area contributed by atoms with Gasteiger partial charge in [-0.25, -0.2) is 0 Å². The van der Waals surface area contributed by atoms with Crippen LogP contribution in [-0.2, 0) is 4.79 Å². The molecule has 0 fully saturated rings. The fourth-order valence-electron chi connectivity index (χ4n) is 2.18. The minimum atomic E-state index is -0.246. The summed E-state index contributed by atoms with van der Waals surface area (Å²) in [6, 6.07) is 13.7. The van der Waals surface area contributed by atoms with Crippen molar-refractivity contribution < 1.29 is 9.53 Å². The second-order valence-corrected chi connectivity index (χ2v) is 8.14. The molecule has 0 saturated carbocycles. The van der Waals surface area contributed by atoms with Crippen molar-refractivity contribution in [3.63, 3.8) is 0 Å². The number of thioether (sulfide) groups is 1. The molecule has 130 valence electrons. The molecule has 0 spiro atoms. The highest BCUT2D eigenvalue weighted by Crippen LogP contribution is 2.27. The van der Waals surface area contributed by atoms with Crippen LogP contribution in [0.5, 0.6) is 5.75 Å². The van der Waals surface area contributed by atoms with Gasteiger partial charge < -0.3 is 4.74 Å². The zero-order valence-corrected chi connectivity index (χ0v) is 15.7. The summed E-state index contributed by atoms with van der Waals surface area (Å²) < 4.78 is 6.54. The Bertz CT molecular complexity index is 859. The van der Waals surface area contributed by atoms with E-state index >= 15 is 0 Å². The molecule has 3 aromatic rings. The van der Waals surface area contributed by atoms with Crippen LogP contribution in [0.2, 0.25) is 0 Å². The molecule has 7 heteroatoms. The van der Waals surface area contributed by atoms with Gasteiger partial charge in [-0.1, -0.05) is 73.3 Å². The van der Waals surface area contributed by atoms with Gasteiger partial charge in [-0.15, -0.1) is 10.2 Å². The third kappa shape index (κ3) is 4.93. The summed E-state index contributed by atoms with van der Waals surface area (Å²) >= 11 is 3.03. The zero-order valence-electron chi connectivity index (χ0n) is 14.1. The van der Waals surface area contributed by atoms with Gasteiger partial charge in [0.25, 0.3) is 5.91 Å². The fraction of sp³-hybridized carbons (Fsp3) is 0.278. The van der Waals surface area contributed by atoms with E-state index in [4.69, 9.17) is 4.74 Å². The first-order valence-corrected chi connectivity index (χ1v) is 9.79. The molecule has 2 aromatic carbocycles. The average molecular weight is 374 g/mol. The molecule has 0 saturated heterocycles. The molecule has 0 unspecified atom stereocenters. The van der Waals surface area contributed by atoms with Crippen LogP contribution in [-0.4, -0.2) is 28.5 Å². The van der Waals surface area contributed by atoms with E-state index in [1.54, 1.807) is 11.8 Å². The SMILES string of the molecule is CC(C)CSc1nnc(NC(=O)COc2cccc3ccccc23)s1. The van der Waals surface area contributed by atoms with Gasteiger partial charge in [0.15, 0.2) is 10.9 Å². The highest BCUT2D eigenvalue weighted by atomic mass is 32.2. The topological polar surface area (TPSA) is 64.1 Å². The fourth-order valence-corrected chi connectivity index (χ4v) is 3.92. The number of rotatable bonds is 7. The third-order valence-corrected chi connectivity index (χ3v) is 5.70. The van der Waals surface area contributed by atoms with Crippen molar-refractivity contribution in [3.8, 4) is 5.75 Å². The second-order valence-electron chi connectivity index (χ2n) is 5.89. The van der Waals surface area contributed by atoms with Crippen molar-refractivity contribution in [2.75, 3.05) is 17.7 Å². The number of ether oxygens (including phenoxy) is 1. The lowest BCUT2D eigenvalue weighted by molar-refractivity contribution is -0.118. The maximum Gasteiger partial charge on any atom is 0.264 e. The number of carbonyl (C=O) groups is 1. The Morgan fingerprint density at radius 1 is 1.20 bits per heavy atom. The quantitative estimate of drug-likeness (QED) is 0.489. The van der Waals surface area contributed by atoms with E-state index in [1.165, 1.54) is 11.3 Å². The largest absolute Gasteiger partial charge is 0.483 e. The first kappa shape index (κ1) is 17.7. The molecule has 0 atom stereocenters. The van der Waals surface area contributed by atoms with Crippen LogP contribution < -0.4 is 10.1 Å². The maximum atomic E-state index is 12.1. The van der Waals surface area contributed by atoms with Crippen molar-refractivity contribution in [1.29, 1.82) is 0 Å². The van der Waals surface area contributed by atoms with Crippen LogP contribution in [0, 0.1) is 5.92 Å². The summed E-state index contributed by atoms with van der Waals surface area (Å²) in [5, 5.41) is 13.4. The highest BCUT2D eigenvalue weighted by molar-refractivity contribution is 8.01. The average Bonchev–Trinajstić information content (AvgIpc) is 3.05. The molecule has 0 aliphatic carbocycles. The Balaban J connectivity index is 1.56. The summed E-state index contributed by atoms with van der Waals surface area (Å²) in [7, 11) is 0. The maximum absolute atomic E-state index is 12.1. The number of anilines is 1. The van der Waals surface area contributed by atoms with E-state index in [0.717, 1.165) is 20.9 Å². The van der Waals surface area contributed by atoms with Gasteiger partial charge in [-0.05, 0) is 17.4 Å². The predicted molar refractivity (Wildman–Crippen MR) is 104 cm³/mol. The summed E-state index contributed by atoms with van der Waals surface area (Å²) in [4.78, 5) is 12.1. The normalized spacial score (nSPS) is 11.0. The molecular formula is C18H19N3O2S2. The minimum Gasteiger partial charge on any atom is -0.483 e. The Morgan fingerprint density at radius 2 is 2.00 bits per heavy atom. The van der Waals surface area contributed by atoms with Crippen LogP contribution in [0.25, 0.3) is 10.8 Å². The number of benzene rings is 2. The van der Waals surface area contributed by atoms with E-state index in [-0.39, 0.29) is 12.5 Å². The molecule has 0 radical (unpaired) electrons. The van der Waals surface area contributed by atoms with Crippen molar-refractivity contribution in [2.45, 2.75) is 18.2 Å². The summed E-state index contributed by atoms with van der Waals surface area (Å²) in [5.41, 5.74) is 0. The van der Waals surface area contributed by atoms with E-state index in [9.17, 15) is 4.79 Å². The molecule has 0 aliphatic heterocycles. The van der Waals surface area contributed by atoms with Crippen molar-refractivity contribution in [2.24, 2.45) is 5.92 Å². The van der Waals surface area contributed by atoms with Crippen molar-refractivity contribution in [1.82, 2.24) is 10.2 Å².